The van der Waals surface area contributed by atoms with Crippen LogP contribution in [0.5, 0.6) is 0 Å². The van der Waals surface area contributed by atoms with E-state index in [1.807, 2.05) is 61.5 Å². The van der Waals surface area contributed by atoms with Crippen LogP contribution < -0.4 is 0 Å². The van der Waals surface area contributed by atoms with Gasteiger partial charge in [0.1, 0.15) is 5.82 Å². The van der Waals surface area contributed by atoms with Crippen molar-refractivity contribution in [1.29, 1.82) is 0 Å². The molecule has 3 aromatic rings. The van der Waals surface area contributed by atoms with Crippen molar-refractivity contribution in [2.45, 2.75) is 20.0 Å². The second kappa shape index (κ2) is 9.82. The van der Waals surface area contributed by atoms with Crippen molar-refractivity contribution in [1.82, 2.24) is 0 Å². The molecule has 0 heterocycles. The predicted octanol–water partition coefficient (Wildman–Crippen LogP) is 6.98. The Hall–Kier alpha value is -2.97. The first-order valence-electron chi connectivity index (χ1n) is 9.49. The zero-order chi connectivity index (χ0) is 19.8. The Morgan fingerprint density at radius 3 is 2.07 bits per heavy atom. The molecule has 0 fully saturated rings. The van der Waals surface area contributed by atoms with Crippen LogP contribution in [0.2, 0.25) is 0 Å². The first-order valence-corrected chi connectivity index (χ1v) is 9.49. The molecule has 0 spiro atoms. The summed E-state index contributed by atoms with van der Waals surface area (Å²) >= 11 is 0. The number of ether oxygens (including phenoxy) is 1. The summed E-state index contributed by atoms with van der Waals surface area (Å²) in [6, 6.07) is 21.7. The van der Waals surface area contributed by atoms with Crippen molar-refractivity contribution in [2.24, 2.45) is 0 Å². The summed E-state index contributed by atoms with van der Waals surface area (Å²) < 4.78 is 20.1. The molecule has 3 rings (SSSR count). The molecule has 28 heavy (non-hydrogen) atoms. The van der Waals surface area contributed by atoms with E-state index in [2.05, 4.69) is 30.8 Å². The van der Waals surface area contributed by atoms with E-state index in [1.54, 1.807) is 6.07 Å². The van der Waals surface area contributed by atoms with Crippen molar-refractivity contribution in [2.75, 3.05) is 6.61 Å². The fourth-order valence-corrected chi connectivity index (χ4v) is 3.07. The Morgan fingerprint density at radius 1 is 0.857 bits per heavy atom. The maximum absolute atomic E-state index is 14.6. The zero-order valence-corrected chi connectivity index (χ0v) is 16.2. The third kappa shape index (κ3) is 5.05. The molecule has 0 aromatic heterocycles. The largest absolute Gasteiger partial charge is 0.373 e. The summed E-state index contributed by atoms with van der Waals surface area (Å²) in [6.07, 6.45) is 6.63. The molecular weight excluding hydrogens is 347 g/mol. The maximum atomic E-state index is 14.6. The van der Waals surface area contributed by atoms with Crippen LogP contribution in [-0.4, -0.2) is 6.61 Å². The Balaban J connectivity index is 1.73. The Morgan fingerprint density at radius 2 is 1.46 bits per heavy atom. The first-order chi connectivity index (χ1) is 13.7. The summed E-state index contributed by atoms with van der Waals surface area (Å²) in [7, 11) is 0. The van der Waals surface area contributed by atoms with Crippen molar-refractivity contribution in [3.63, 3.8) is 0 Å². The van der Waals surface area contributed by atoms with Gasteiger partial charge in [0, 0.05) is 5.56 Å². The first kappa shape index (κ1) is 19.8. The van der Waals surface area contributed by atoms with E-state index in [0.29, 0.717) is 18.8 Å². The van der Waals surface area contributed by atoms with Crippen LogP contribution in [0.4, 0.5) is 4.39 Å². The quantitative estimate of drug-likeness (QED) is 0.306. The van der Waals surface area contributed by atoms with Crippen LogP contribution in [0, 0.1) is 5.82 Å². The van der Waals surface area contributed by atoms with Crippen LogP contribution in [-0.2, 0) is 17.8 Å². The predicted molar refractivity (Wildman–Crippen MR) is 116 cm³/mol. The average Bonchev–Trinajstić information content (AvgIpc) is 2.72. The monoisotopic (exact) mass is 372 g/mol. The highest BCUT2D eigenvalue weighted by Gasteiger charge is 2.07. The maximum Gasteiger partial charge on any atom is 0.131 e. The lowest BCUT2D eigenvalue weighted by molar-refractivity contribution is 0.148. The summed E-state index contributed by atoms with van der Waals surface area (Å²) in [5, 5.41) is 0. The van der Waals surface area contributed by atoms with E-state index < -0.39 is 0 Å². The van der Waals surface area contributed by atoms with Gasteiger partial charge in [-0.2, -0.15) is 0 Å². The Kier molecular flexibility index (Phi) is 6.94. The summed E-state index contributed by atoms with van der Waals surface area (Å²) in [5.74, 6) is -0.228. The van der Waals surface area contributed by atoms with E-state index in [4.69, 9.17) is 4.74 Å². The molecule has 0 unspecified atom stereocenters. The van der Waals surface area contributed by atoms with Gasteiger partial charge in [-0.05, 0) is 47.2 Å². The van der Waals surface area contributed by atoms with Gasteiger partial charge in [0.15, 0.2) is 0 Å². The van der Waals surface area contributed by atoms with E-state index in [1.165, 1.54) is 5.56 Å². The topological polar surface area (TPSA) is 9.23 Å². The second-order valence-corrected chi connectivity index (χ2v) is 6.67. The standard InChI is InChI=1S/C26H25FO/c1-3-5-17-28-19-21-9-16-25(26(27)18-21)24-14-12-23(13-15-24)22-10-7-20(6-4-2)8-11-22/h3-5,7-16,18H,2,6,17,19H2,1H3/b5-3+. The molecule has 0 N–H and O–H groups in total. The molecule has 1 nitrogen and oxygen atoms in total. The highest BCUT2D eigenvalue weighted by Crippen LogP contribution is 2.27. The fourth-order valence-electron chi connectivity index (χ4n) is 3.07. The number of rotatable bonds is 8. The molecule has 0 radical (unpaired) electrons. The molecule has 0 aliphatic rings. The molecular formula is C26H25FO. The van der Waals surface area contributed by atoms with E-state index in [9.17, 15) is 4.39 Å². The molecule has 142 valence electrons. The van der Waals surface area contributed by atoms with Crippen LogP contribution in [0.3, 0.4) is 0 Å². The van der Waals surface area contributed by atoms with Gasteiger partial charge in [-0.15, -0.1) is 6.58 Å². The molecule has 3 aromatic carbocycles. The lowest BCUT2D eigenvalue weighted by Crippen LogP contribution is -1.95. The number of allylic oxidation sites excluding steroid dienone is 2. The zero-order valence-electron chi connectivity index (χ0n) is 16.2. The third-order valence-corrected chi connectivity index (χ3v) is 4.62. The SMILES string of the molecule is C=CCc1ccc(-c2ccc(-c3ccc(COC/C=C/C)cc3F)cc2)cc1. The van der Waals surface area contributed by atoms with E-state index in [-0.39, 0.29) is 5.82 Å². The summed E-state index contributed by atoms with van der Waals surface area (Å²) in [4.78, 5) is 0. The van der Waals surface area contributed by atoms with Gasteiger partial charge in [0.05, 0.1) is 13.2 Å². The highest BCUT2D eigenvalue weighted by molar-refractivity contribution is 5.71. The third-order valence-electron chi connectivity index (χ3n) is 4.62. The van der Waals surface area contributed by atoms with Crippen LogP contribution in [0.15, 0.2) is 91.5 Å². The van der Waals surface area contributed by atoms with Crippen molar-refractivity contribution < 1.29 is 9.13 Å². The van der Waals surface area contributed by atoms with Gasteiger partial charge >= 0.3 is 0 Å². The second-order valence-electron chi connectivity index (χ2n) is 6.67. The number of hydrogen-bond acceptors (Lipinski definition) is 1. The molecule has 2 heteroatoms. The molecule has 0 saturated heterocycles. The van der Waals surface area contributed by atoms with Gasteiger partial charge in [-0.25, -0.2) is 4.39 Å². The molecule has 0 aliphatic carbocycles. The van der Waals surface area contributed by atoms with Crippen molar-refractivity contribution >= 4 is 0 Å². The number of halogens is 1. The lowest BCUT2D eigenvalue weighted by atomic mass is 9.98. The molecule has 0 bridgehead atoms. The van der Waals surface area contributed by atoms with Gasteiger partial charge in [-0.1, -0.05) is 78.9 Å². The average molecular weight is 372 g/mol. The van der Waals surface area contributed by atoms with Gasteiger partial charge in [0.25, 0.3) is 0 Å². The van der Waals surface area contributed by atoms with Crippen molar-refractivity contribution in [3.8, 4) is 22.3 Å². The molecule has 0 aliphatic heterocycles. The molecule has 0 atom stereocenters. The summed E-state index contributed by atoms with van der Waals surface area (Å²) in [6.45, 7) is 6.66. The Bertz CT molecular complexity index is 937. The highest BCUT2D eigenvalue weighted by atomic mass is 19.1. The minimum absolute atomic E-state index is 0.228. The van der Waals surface area contributed by atoms with Gasteiger partial charge in [-0.3, -0.25) is 0 Å². The fraction of sp³-hybridized carbons (Fsp3) is 0.154. The van der Waals surface area contributed by atoms with E-state index >= 15 is 0 Å². The number of benzene rings is 3. The van der Waals surface area contributed by atoms with Crippen LogP contribution >= 0.6 is 0 Å². The minimum Gasteiger partial charge on any atom is -0.373 e. The van der Waals surface area contributed by atoms with Gasteiger partial charge < -0.3 is 4.74 Å². The van der Waals surface area contributed by atoms with Gasteiger partial charge in [0.2, 0.25) is 0 Å². The minimum atomic E-state index is -0.228. The molecule has 0 saturated carbocycles. The van der Waals surface area contributed by atoms with Crippen LogP contribution in [0.25, 0.3) is 22.3 Å². The normalized spacial score (nSPS) is 11.1. The smallest absolute Gasteiger partial charge is 0.131 e. The van der Waals surface area contributed by atoms with Crippen LogP contribution in [0.1, 0.15) is 18.1 Å². The Labute approximate surface area is 166 Å². The lowest BCUT2D eigenvalue weighted by Gasteiger charge is -2.09. The van der Waals surface area contributed by atoms with Crippen molar-refractivity contribution in [3.05, 3.63) is 108 Å². The van der Waals surface area contributed by atoms with E-state index in [0.717, 1.165) is 28.7 Å². The molecule has 0 amide bonds. The number of hydrogen-bond donors (Lipinski definition) is 0. The summed E-state index contributed by atoms with van der Waals surface area (Å²) in [5.41, 5.74) is 5.81.